The van der Waals surface area contributed by atoms with Crippen molar-refractivity contribution in [3.05, 3.63) is 12.4 Å². The number of carboxylic acid groups (broad SMARTS) is 1. The summed E-state index contributed by atoms with van der Waals surface area (Å²) in [5.74, 6) is -2.15. The summed E-state index contributed by atoms with van der Waals surface area (Å²) in [6.45, 7) is 0. The summed E-state index contributed by atoms with van der Waals surface area (Å²) >= 11 is -0.0414. The average molecular weight is 208 g/mol. The number of aromatic nitrogens is 2. The second-order valence-electron chi connectivity index (χ2n) is 2.27. The molecule has 1 N–H and O–H groups in total. The van der Waals surface area contributed by atoms with Gasteiger partial charge in [-0.3, -0.25) is 4.68 Å². The Morgan fingerprint density at radius 3 is 2.77 bits per heavy atom. The number of hydrogen-bond acceptors (Lipinski definition) is 3. The first-order valence-electron chi connectivity index (χ1n) is 3.20. The summed E-state index contributed by atoms with van der Waals surface area (Å²) in [5.41, 5.74) is 0. The number of aryl methyl sites for hydroxylation is 1. The van der Waals surface area contributed by atoms with E-state index in [1.165, 1.54) is 17.1 Å². The van der Waals surface area contributed by atoms with Crippen LogP contribution in [0, 0.1) is 0 Å². The Kier molecular flexibility index (Phi) is 2.55. The Morgan fingerprint density at radius 2 is 2.38 bits per heavy atom. The Hall–Kier alpha value is -1.11. The van der Waals surface area contributed by atoms with Crippen LogP contribution in [-0.2, 0) is 11.8 Å². The zero-order valence-corrected chi connectivity index (χ0v) is 7.39. The highest BCUT2D eigenvalue weighted by Gasteiger charge is 2.40. The van der Waals surface area contributed by atoms with Gasteiger partial charge in [-0.2, -0.15) is 13.9 Å². The molecule has 7 heteroatoms. The molecule has 13 heavy (non-hydrogen) atoms. The smallest absolute Gasteiger partial charge is 0.393 e. The maximum Gasteiger partial charge on any atom is 0.393 e. The van der Waals surface area contributed by atoms with Crippen molar-refractivity contribution in [2.24, 2.45) is 7.05 Å². The standard InChI is InChI=1S/C6H6F2N2O2S/c1-10-3-4(2-9-10)13-6(7,8)5(11)12/h2-3H,1H3,(H,11,12). The fourth-order valence-electron chi connectivity index (χ4n) is 0.643. The number of nitrogens with zero attached hydrogens (tertiary/aromatic N) is 2. The lowest BCUT2D eigenvalue weighted by molar-refractivity contribution is -0.152. The topological polar surface area (TPSA) is 55.1 Å². The molecule has 4 nitrogen and oxygen atoms in total. The molecule has 1 aromatic heterocycles. The third-order valence-corrected chi connectivity index (χ3v) is 2.05. The molecule has 0 saturated carbocycles. The third-order valence-electron chi connectivity index (χ3n) is 1.18. The van der Waals surface area contributed by atoms with Crippen LogP contribution in [0.4, 0.5) is 8.78 Å². The number of carbonyl (C=O) groups is 1. The number of hydrogen-bond donors (Lipinski definition) is 1. The van der Waals surface area contributed by atoms with E-state index in [2.05, 4.69) is 5.10 Å². The van der Waals surface area contributed by atoms with Crippen LogP contribution >= 0.6 is 11.8 Å². The predicted molar refractivity (Wildman–Crippen MR) is 41.6 cm³/mol. The molecule has 0 aliphatic carbocycles. The molecule has 0 aromatic carbocycles. The molecule has 1 aromatic rings. The van der Waals surface area contributed by atoms with Gasteiger partial charge in [0.2, 0.25) is 0 Å². The van der Waals surface area contributed by atoms with Gasteiger partial charge in [0.05, 0.1) is 11.1 Å². The monoisotopic (exact) mass is 208 g/mol. The molecule has 1 rings (SSSR count). The molecule has 0 fully saturated rings. The van der Waals surface area contributed by atoms with Gasteiger partial charge in [-0.1, -0.05) is 0 Å². The predicted octanol–water partition coefficient (Wildman–Crippen LogP) is 1.19. The van der Waals surface area contributed by atoms with Gasteiger partial charge < -0.3 is 5.11 Å². The van der Waals surface area contributed by atoms with Gasteiger partial charge in [0.25, 0.3) is 0 Å². The fraction of sp³-hybridized carbons (Fsp3) is 0.333. The molecule has 0 saturated heterocycles. The lowest BCUT2D eigenvalue weighted by atomic mass is 10.7. The molecular formula is C6H6F2N2O2S. The van der Waals surface area contributed by atoms with Gasteiger partial charge in [0.15, 0.2) is 0 Å². The number of aliphatic carboxylic acids is 1. The summed E-state index contributed by atoms with van der Waals surface area (Å²) in [4.78, 5) is 10.2. The lowest BCUT2D eigenvalue weighted by Gasteiger charge is -2.07. The van der Waals surface area contributed by atoms with Crippen molar-refractivity contribution >= 4 is 17.7 Å². The summed E-state index contributed by atoms with van der Waals surface area (Å²) in [7, 11) is 1.56. The van der Waals surface area contributed by atoms with Gasteiger partial charge in [0, 0.05) is 13.2 Å². The Bertz CT molecular complexity index is 326. The van der Waals surface area contributed by atoms with Crippen LogP contribution in [0.15, 0.2) is 17.3 Å². The van der Waals surface area contributed by atoms with E-state index in [9.17, 15) is 13.6 Å². The van der Waals surface area contributed by atoms with Crippen LogP contribution in [0.2, 0.25) is 0 Å². The van der Waals surface area contributed by atoms with E-state index in [0.717, 1.165) is 0 Å². The minimum Gasteiger partial charge on any atom is -0.476 e. The molecule has 0 aliphatic rings. The summed E-state index contributed by atoms with van der Waals surface area (Å²) in [5, 5.41) is 7.94. The van der Waals surface area contributed by atoms with E-state index in [1.807, 2.05) is 0 Å². The summed E-state index contributed by atoms with van der Waals surface area (Å²) < 4.78 is 26.5. The molecule has 0 atom stereocenters. The zero-order valence-electron chi connectivity index (χ0n) is 6.57. The first kappa shape index (κ1) is 9.97. The first-order chi connectivity index (χ1) is 5.92. The molecule has 1 heterocycles. The molecule has 0 bridgehead atoms. The number of rotatable bonds is 3. The zero-order chi connectivity index (χ0) is 10.1. The number of alkyl halides is 2. The van der Waals surface area contributed by atoms with Gasteiger partial charge >= 0.3 is 11.2 Å². The van der Waals surface area contributed by atoms with Crippen LogP contribution < -0.4 is 0 Å². The van der Waals surface area contributed by atoms with E-state index in [1.54, 1.807) is 7.05 Å². The van der Waals surface area contributed by atoms with E-state index in [-0.39, 0.29) is 16.7 Å². The highest BCUT2D eigenvalue weighted by Crippen LogP contribution is 2.35. The Balaban J connectivity index is 2.74. The minimum atomic E-state index is -3.80. The molecular weight excluding hydrogens is 202 g/mol. The molecule has 0 aliphatic heterocycles. The van der Waals surface area contributed by atoms with E-state index < -0.39 is 11.2 Å². The normalized spacial score (nSPS) is 11.6. The maximum atomic E-state index is 12.6. The molecule has 0 unspecified atom stereocenters. The second kappa shape index (κ2) is 3.33. The Morgan fingerprint density at radius 1 is 1.77 bits per heavy atom. The number of thioether (sulfide) groups is 1. The van der Waals surface area contributed by atoms with Crippen molar-refractivity contribution in [2.45, 2.75) is 10.2 Å². The van der Waals surface area contributed by atoms with Crippen LogP contribution in [-0.4, -0.2) is 26.1 Å². The quantitative estimate of drug-likeness (QED) is 0.758. The van der Waals surface area contributed by atoms with Crippen molar-refractivity contribution in [2.75, 3.05) is 0 Å². The SMILES string of the molecule is Cn1cc(SC(F)(F)C(=O)O)cn1. The van der Waals surface area contributed by atoms with E-state index in [0.29, 0.717) is 0 Å². The molecule has 72 valence electrons. The van der Waals surface area contributed by atoms with Crippen molar-refractivity contribution in [3.8, 4) is 0 Å². The first-order valence-corrected chi connectivity index (χ1v) is 4.02. The lowest BCUT2D eigenvalue weighted by Crippen LogP contribution is -2.23. The minimum absolute atomic E-state index is 0.0414. The van der Waals surface area contributed by atoms with Gasteiger partial charge in [-0.05, 0) is 11.8 Å². The third kappa shape index (κ3) is 2.41. The molecule has 0 radical (unpaired) electrons. The fourth-order valence-corrected chi connectivity index (χ4v) is 1.33. The van der Waals surface area contributed by atoms with Crippen LogP contribution in [0.25, 0.3) is 0 Å². The van der Waals surface area contributed by atoms with Crippen LogP contribution in [0.5, 0.6) is 0 Å². The van der Waals surface area contributed by atoms with Crippen molar-refractivity contribution < 1.29 is 18.7 Å². The van der Waals surface area contributed by atoms with Crippen LogP contribution in [0.3, 0.4) is 0 Å². The van der Waals surface area contributed by atoms with Gasteiger partial charge in [-0.15, -0.1) is 0 Å². The Labute approximate surface area is 76.5 Å². The maximum absolute atomic E-state index is 12.6. The average Bonchev–Trinajstić information content (AvgIpc) is 2.34. The second-order valence-corrected chi connectivity index (χ2v) is 3.46. The number of carboxylic acids is 1. The van der Waals surface area contributed by atoms with Crippen molar-refractivity contribution in [3.63, 3.8) is 0 Å². The molecule has 0 amide bonds. The van der Waals surface area contributed by atoms with Crippen molar-refractivity contribution in [1.29, 1.82) is 0 Å². The highest BCUT2D eigenvalue weighted by molar-refractivity contribution is 8.01. The summed E-state index contributed by atoms with van der Waals surface area (Å²) in [6.07, 6.45) is 2.50. The van der Waals surface area contributed by atoms with Gasteiger partial charge in [0.1, 0.15) is 0 Å². The largest absolute Gasteiger partial charge is 0.476 e. The van der Waals surface area contributed by atoms with E-state index >= 15 is 0 Å². The van der Waals surface area contributed by atoms with Crippen LogP contribution in [0.1, 0.15) is 0 Å². The van der Waals surface area contributed by atoms with Gasteiger partial charge in [-0.25, -0.2) is 4.79 Å². The number of halogens is 2. The van der Waals surface area contributed by atoms with Crippen molar-refractivity contribution in [1.82, 2.24) is 9.78 Å². The highest BCUT2D eigenvalue weighted by atomic mass is 32.2. The van der Waals surface area contributed by atoms with E-state index in [4.69, 9.17) is 5.11 Å². The summed E-state index contributed by atoms with van der Waals surface area (Å²) in [6, 6.07) is 0. The molecule has 0 spiro atoms.